The average Bonchev–Trinajstić information content (AvgIpc) is 2.39. The molecule has 0 unspecified atom stereocenters. The summed E-state index contributed by atoms with van der Waals surface area (Å²) in [6, 6.07) is 10.2. The maximum atomic E-state index is 9.29. The smallest absolute Gasteiger partial charge is 0.0861 e. The Morgan fingerprint density at radius 3 is 2.67 bits per heavy atom. The zero-order valence-corrected chi connectivity index (χ0v) is 11.6. The molecule has 1 atom stereocenters. The first kappa shape index (κ1) is 15.0. The van der Waals surface area contributed by atoms with Crippen LogP contribution in [0.4, 0.5) is 0 Å². The van der Waals surface area contributed by atoms with Gasteiger partial charge in [0.25, 0.3) is 0 Å². The topological polar surface area (TPSA) is 64.2 Å². The van der Waals surface area contributed by atoms with Gasteiger partial charge in [0.05, 0.1) is 24.2 Å². The lowest BCUT2D eigenvalue weighted by atomic mass is 9.84. The highest BCUT2D eigenvalue weighted by Gasteiger charge is 2.22. The van der Waals surface area contributed by atoms with E-state index in [0.29, 0.717) is 5.75 Å². The van der Waals surface area contributed by atoms with Gasteiger partial charge in [-0.1, -0.05) is 24.3 Å². The molecule has 1 aromatic carbocycles. The molecular weight excluding hydrogens is 246 g/mol. The molecule has 0 fully saturated rings. The van der Waals surface area contributed by atoms with Crippen LogP contribution in [0.3, 0.4) is 0 Å². The van der Waals surface area contributed by atoms with E-state index in [9.17, 15) is 10.4 Å². The van der Waals surface area contributed by atoms with Gasteiger partial charge < -0.3 is 10.2 Å². The molecule has 0 aliphatic heterocycles. The van der Waals surface area contributed by atoms with Gasteiger partial charge in [0.2, 0.25) is 0 Å². The third-order valence-corrected chi connectivity index (χ3v) is 3.88. The van der Waals surface area contributed by atoms with E-state index in [-0.39, 0.29) is 6.61 Å². The fourth-order valence-corrected chi connectivity index (χ4v) is 2.64. The molecule has 2 N–H and O–H groups in total. The molecular formula is C14H19NO2S. The number of thioether (sulfide) groups is 1. The zero-order chi connectivity index (χ0) is 13.6. The molecule has 0 spiro atoms. The summed E-state index contributed by atoms with van der Waals surface area (Å²) >= 11 is 1.56. The van der Waals surface area contributed by atoms with Crippen LogP contribution < -0.4 is 0 Å². The second kappa shape index (κ2) is 6.79. The SMILES string of the molecule is CC(C)(C#N)c1ccccc1CSC[C@H](O)CO. The second-order valence-corrected chi connectivity index (χ2v) is 5.78. The first-order valence-electron chi connectivity index (χ1n) is 5.87. The predicted molar refractivity (Wildman–Crippen MR) is 74.3 cm³/mol. The number of aliphatic hydroxyl groups excluding tert-OH is 2. The molecule has 0 aliphatic carbocycles. The van der Waals surface area contributed by atoms with Gasteiger partial charge in [0, 0.05) is 11.5 Å². The third-order valence-electron chi connectivity index (χ3n) is 2.75. The minimum atomic E-state index is -0.675. The Morgan fingerprint density at radius 1 is 1.39 bits per heavy atom. The Morgan fingerprint density at radius 2 is 2.06 bits per heavy atom. The van der Waals surface area contributed by atoms with Gasteiger partial charge >= 0.3 is 0 Å². The zero-order valence-electron chi connectivity index (χ0n) is 10.8. The summed E-state index contributed by atoms with van der Waals surface area (Å²) in [7, 11) is 0. The molecule has 0 bridgehead atoms. The second-order valence-electron chi connectivity index (χ2n) is 4.75. The lowest BCUT2D eigenvalue weighted by Gasteiger charge is -2.20. The van der Waals surface area contributed by atoms with Crippen molar-refractivity contribution in [3.8, 4) is 6.07 Å². The Kier molecular flexibility index (Phi) is 5.67. The van der Waals surface area contributed by atoms with Crippen molar-refractivity contribution >= 4 is 11.8 Å². The highest BCUT2D eigenvalue weighted by molar-refractivity contribution is 7.98. The molecule has 0 amide bonds. The standard InChI is InChI=1S/C14H19NO2S/c1-14(2,10-15)13-6-4-3-5-11(13)8-18-9-12(17)7-16/h3-6,12,16-17H,7-9H2,1-2H3/t12-/m1/s1. The molecule has 0 aromatic heterocycles. The molecule has 0 heterocycles. The monoisotopic (exact) mass is 265 g/mol. The summed E-state index contributed by atoms with van der Waals surface area (Å²) in [4.78, 5) is 0. The number of nitrogens with zero attached hydrogens (tertiary/aromatic N) is 1. The normalized spacial score (nSPS) is 13.1. The van der Waals surface area contributed by atoms with Gasteiger partial charge in [-0.3, -0.25) is 0 Å². The van der Waals surface area contributed by atoms with Crippen molar-refractivity contribution in [2.45, 2.75) is 31.1 Å². The van der Waals surface area contributed by atoms with Crippen molar-refractivity contribution in [1.82, 2.24) is 0 Å². The first-order valence-corrected chi connectivity index (χ1v) is 7.03. The van der Waals surface area contributed by atoms with Gasteiger partial charge in [-0.25, -0.2) is 0 Å². The van der Waals surface area contributed by atoms with Crippen molar-refractivity contribution in [2.24, 2.45) is 0 Å². The molecule has 0 aliphatic rings. The maximum Gasteiger partial charge on any atom is 0.0861 e. The average molecular weight is 265 g/mol. The molecule has 1 rings (SSSR count). The number of nitriles is 1. The van der Waals surface area contributed by atoms with Gasteiger partial charge in [0.1, 0.15) is 0 Å². The van der Waals surface area contributed by atoms with E-state index in [2.05, 4.69) is 6.07 Å². The van der Waals surface area contributed by atoms with E-state index in [0.717, 1.165) is 16.9 Å². The third kappa shape index (κ3) is 4.02. The van der Waals surface area contributed by atoms with Crippen LogP contribution in [-0.4, -0.2) is 28.7 Å². The van der Waals surface area contributed by atoms with Crippen molar-refractivity contribution in [2.75, 3.05) is 12.4 Å². The van der Waals surface area contributed by atoms with Gasteiger partial charge in [-0.15, -0.1) is 0 Å². The lowest BCUT2D eigenvalue weighted by molar-refractivity contribution is 0.113. The van der Waals surface area contributed by atoms with Crippen molar-refractivity contribution in [1.29, 1.82) is 5.26 Å². The molecule has 0 saturated heterocycles. The van der Waals surface area contributed by atoms with Crippen LogP contribution >= 0.6 is 11.8 Å². The van der Waals surface area contributed by atoms with Crippen LogP contribution in [0.25, 0.3) is 0 Å². The molecule has 98 valence electrons. The number of aliphatic hydroxyl groups is 2. The number of benzene rings is 1. The molecule has 0 saturated carbocycles. The van der Waals surface area contributed by atoms with E-state index in [1.54, 1.807) is 11.8 Å². The largest absolute Gasteiger partial charge is 0.394 e. The molecule has 0 radical (unpaired) electrons. The summed E-state index contributed by atoms with van der Waals surface area (Å²) in [5, 5.41) is 27.2. The Labute approximate surface area is 112 Å². The fourth-order valence-electron chi connectivity index (χ4n) is 1.67. The van der Waals surface area contributed by atoms with Crippen LogP contribution in [0, 0.1) is 11.3 Å². The quantitative estimate of drug-likeness (QED) is 0.826. The Balaban J connectivity index is 2.75. The van der Waals surface area contributed by atoms with E-state index in [4.69, 9.17) is 5.11 Å². The van der Waals surface area contributed by atoms with Gasteiger partial charge in [0.15, 0.2) is 0 Å². The van der Waals surface area contributed by atoms with Gasteiger partial charge in [-0.2, -0.15) is 17.0 Å². The molecule has 3 nitrogen and oxygen atoms in total. The predicted octanol–water partition coefficient (Wildman–Crippen LogP) is 2.07. The summed E-state index contributed by atoms with van der Waals surface area (Å²) in [5.41, 5.74) is 1.63. The minimum absolute atomic E-state index is 0.210. The summed E-state index contributed by atoms with van der Waals surface area (Å²) in [5.74, 6) is 1.23. The van der Waals surface area contributed by atoms with Crippen LogP contribution in [0.5, 0.6) is 0 Å². The summed E-state index contributed by atoms with van der Waals surface area (Å²) in [6.45, 7) is 3.59. The summed E-state index contributed by atoms with van der Waals surface area (Å²) < 4.78 is 0. The molecule has 18 heavy (non-hydrogen) atoms. The van der Waals surface area contributed by atoms with E-state index < -0.39 is 11.5 Å². The molecule has 4 heteroatoms. The van der Waals surface area contributed by atoms with Crippen LogP contribution in [-0.2, 0) is 11.2 Å². The highest BCUT2D eigenvalue weighted by Crippen LogP contribution is 2.28. The van der Waals surface area contributed by atoms with Crippen LogP contribution in [0.2, 0.25) is 0 Å². The minimum Gasteiger partial charge on any atom is -0.394 e. The van der Waals surface area contributed by atoms with Crippen LogP contribution in [0.1, 0.15) is 25.0 Å². The summed E-state index contributed by atoms with van der Waals surface area (Å²) in [6.07, 6.45) is -0.675. The number of rotatable bonds is 6. The maximum absolute atomic E-state index is 9.29. The highest BCUT2D eigenvalue weighted by atomic mass is 32.2. The van der Waals surface area contributed by atoms with E-state index in [1.807, 2.05) is 38.1 Å². The molecule has 1 aromatic rings. The van der Waals surface area contributed by atoms with E-state index >= 15 is 0 Å². The first-order chi connectivity index (χ1) is 8.51. The number of hydrogen-bond acceptors (Lipinski definition) is 4. The van der Waals surface area contributed by atoms with Gasteiger partial charge in [-0.05, 0) is 25.0 Å². The van der Waals surface area contributed by atoms with Crippen molar-refractivity contribution < 1.29 is 10.2 Å². The number of hydrogen-bond donors (Lipinski definition) is 2. The lowest BCUT2D eigenvalue weighted by Crippen LogP contribution is -2.17. The Bertz CT molecular complexity index is 426. The van der Waals surface area contributed by atoms with Crippen molar-refractivity contribution in [3.63, 3.8) is 0 Å². The Hall–Kier alpha value is -1.02. The van der Waals surface area contributed by atoms with Crippen LogP contribution in [0.15, 0.2) is 24.3 Å². The van der Waals surface area contributed by atoms with E-state index in [1.165, 1.54) is 0 Å². The fraction of sp³-hybridized carbons (Fsp3) is 0.500. The van der Waals surface area contributed by atoms with Crippen molar-refractivity contribution in [3.05, 3.63) is 35.4 Å².